The Morgan fingerprint density at radius 1 is 1.32 bits per heavy atom. The van der Waals surface area contributed by atoms with Gasteiger partial charge in [-0.3, -0.25) is 9.79 Å². The summed E-state index contributed by atoms with van der Waals surface area (Å²) in [6, 6.07) is 6.35. The second-order valence-corrected chi connectivity index (χ2v) is 7.55. The summed E-state index contributed by atoms with van der Waals surface area (Å²) in [5, 5.41) is 8.78. The van der Waals surface area contributed by atoms with Crippen LogP contribution in [0.4, 0.5) is 11.4 Å². The molecule has 0 bridgehead atoms. The van der Waals surface area contributed by atoms with E-state index in [1.165, 1.54) is 15.5 Å². The predicted molar refractivity (Wildman–Crippen MR) is 104 cm³/mol. The molecule has 0 radical (unpaired) electrons. The molecule has 1 aliphatic carbocycles. The van der Waals surface area contributed by atoms with Crippen molar-refractivity contribution in [1.29, 1.82) is 0 Å². The molecule has 0 saturated carbocycles. The minimum atomic E-state index is -0.741. The summed E-state index contributed by atoms with van der Waals surface area (Å²) in [6.45, 7) is 0.737. The average molecular weight is 357 g/mol. The van der Waals surface area contributed by atoms with Crippen molar-refractivity contribution in [1.82, 2.24) is 4.90 Å². The predicted octanol–water partition coefficient (Wildman–Crippen LogP) is 3.90. The van der Waals surface area contributed by atoms with Crippen molar-refractivity contribution in [2.75, 3.05) is 32.6 Å². The van der Waals surface area contributed by atoms with Gasteiger partial charge in [0.1, 0.15) is 0 Å². The molecule has 132 valence electrons. The van der Waals surface area contributed by atoms with Crippen molar-refractivity contribution < 1.29 is 9.90 Å². The maximum absolute atomic E-state index is 10.7. The highest BCUT2D eigenvalue weighted by molar-refractivity contribution is 8.04. The standard InChI is InChI=1S/C19H23N3O2S/c1-21(2)13-6-8-15-17(11-13)25-18-12-14(7-9-16(18)20-15)22(3)10-4-5-19(23)24/h6-8,11-12H,4-5,9-10H2,1-3H3,(H,23,24). The fraction of sp³-hybridized carbons (Fsp3) is 0.368. The second-order valence-electron chi connectivity index (χ2n) is 6.47. The lowest BCUT2D eigenvalue weighted by molar-refractivity contribution is -0.137. The number of anilines is 1. The average Bonchev–Trinajstić information content (AvgIpc) is 2.58. The molecule has 1 N–H and O–H groups in total. The highest BCUT2D eigenvalue weighted by atomic mass is 32.2. The van der Waals surface area contributed by atoms with Crippen LogP contribution in [0.5, 0.6) is 0 Å². The number of hydrogen-bond donors (Lipinski definition) is 1. The van der Waals surface area contributed by atoms with Crippen LogP contribution >= 0.6 is 11.8 Å². The largest absolute Gasteiger partial charge is 0.481 e. The van der Waals surface area contributed by atoms with Gasteiger partial charge in [-0.15, -0.1) is 0 Å². The highest BCUT2D eigenvalue weighted by Gasteiger charge is 2.22. The molecule has 0 unspecified atom stereocenters. The van der Waals surface area contributed by atoms with Crippen LogP contribution in [0, 0.1) is 0 Å². The smallest absolute Gasteiger partial charge is 0.303 e. The van der Waals surface area contributed by atoms with Gasteiger partial charge in [-0.05, 0) is 30.7 Å². The molecule has 1 aliphatic heterocycles. The zero-order valence-corrected chi connectivity index (χ0v) is 15.6. The lowest BCUT2D eigenvalue weighted by atomic mass is 10.1. The van der Waals surface area contributed by atoms with E-state index < -0.39 is 5.97 Å². The number of benzene rings is 1. The molecule has 0 amide bonds. The molecular formula is C19H23N3O2S. The van der Waals surface area contributed by atoms with Crippen molar-refractivity contribution in [3.8, 4) is 0 Å². The topological polar surface area (TPSA) is 56.1 Å². The summed E-state index contributed by atoms with van der Waals surface area (Å²) in [5.41, 5.74) is 4.45. The first kappa shape index (κ1) is 17.6. The number of carboxylic acid groups (broad SMARTS) is 1. The van der Waals surface area contributed by atoms with Gasteiger partial charge >= 0.3 is 5.97 Å². The minimum absolute atomic E-state index is 0.205. The molecule has 0 spiro atoms. The molecule has 3 rings (SSSR count). The number of likely N-dealkylation sites (N-methyl/N-ethyl adjacent to an activating group) is 1. The Kier molecular flexibility index (Phi) is 5.18. The lowest BCUT2D eigenvalue weighted by Crippen LogP contribution is -2.21. The summed E-state index contributed by atoms with van der Waals surface area (Å²) in [7, 11) is 6.09. The molecule has 25 heavy (non-hydrogen) atoms. The number of aliphatic imine (C=N–C) groups is 1. The monoisotopic (exact) mass is 357 g/mol. The van der Waals surface area contributed by atoms with Crippen molar-refractivity contribution in [3.05, 3.63) is 41.0 Å². The van der Waals surface area contributed by atoms with Gasteiger partial charge in [0.25, 0.3) is 0 Å². The van der Waals surface area contributed by atoms with Crippen LogP contribution in [-0.4, -0.2) is 49.4 Å². The third-order valence-electron chi connectivity index (χ3n) is 4.33. The highest BCUT2D eigenvalue weighted by Crippen LogP contribution is 2.44. The Bertz CT molecular complexity index is 781. The first-order valence-electron chi connectivity index (χ1n) is 8.36. The maximum Gasteiger partial charge on any atom is 0.303 e. The molecule has 0 aromatic heterocycles. The van der Waals surface area contributed by atoms with Gasteiger partial charge in [-0.25, -0.2) is 0 Å². The zero-order valence-electron chi connectivity index (χ0n) is 14.8. The normalized spacial score (nSPS) is 15.4. The van der Waals surface area contributed by atoms with Crippen LogP contribution in [0.25, 0.3) is 0 Å². The van der Waals surface area contributed by atoms with Crippen LogP contribution in [0.1, 0.15) is 19.3 Å². The number of fused-ring (bicyclic) bond motifs is 2. The fourth-order valence-corrected chi connectivity index (χ4v) is 3.91. The molecule has 1 heterocycles. The van der Waals surface area contributed by atoms with Gasteiger partial charge < -0.3 is 14.9 Å². The van der Waals surface area contributed by atoms with Gasteiger partial charge in [0, 0.05) is 61.7 Å². The van der Waals surface area contributed by atoms with E-state index in [4.69, 9.17) is 10.1 Å². The Hall–Kier alpha value is -2.21. The number of aliphatic carboxylic acids is 1. The van der Waals surface area contributed by atoms with Gasteiger partial charge in [0.05, 0.1) is 11.4 Å². The number of allylic oxidation sites excluding steroid dienone is 3. The van der Waals surface area contributed by atoms with E-state index in [9.17, 15) is 4.79 Å². The molecule has 2 aliphatic rings. The molecule has 0 atom stereocenters. The SMILES string of the molecule is CN(CCCC(=O)O)C1=CCC2=Nc3ccc(N(C)C)cc3SC2=C1. The molecule has 5 nitrogen and oxygen atoms in total. The number of rotatable bonds is 6. The summed E-state index contributed by atoms with van der Waals surface area (Å²) in [6.07, 6.45) is 6.00. The minimum Gasteiger partial charge on any atom is -0.481 e. The van der Waals surface area contributed by atoms with Crippen LogP contribution in [0.3, 0.4) is 0 Å². The summed E-state index contributed by atoms with van der Waals surface area (Å²) in [4.78, 5) is 22.1. The summed E-state index contributed by atoms with van der Waals surface area (Å²) in [5.74, 6) is -0.741. The maximum atomic E-state index is 10.7. The van der Waals surface area contributed by atoms with Gasteiger partial charge in [0.2, 0.25) is 0 Å². The Morgan fingerprint density at radius 2 is 2.12 bits per heavy atom. The second kappa shape index (κ2) is 7.35. The molecule has 0 saturated heterocycles. The van der Waals surface area contributed by atoms with Crippen LogP contribution in [0.2, 0.25) is 0 Å². The van der Waals surface area contributed by atoms with E-state index in [1.54, 1.807) is 11.8 Å². The van der Waals surface area contributed by atoms with Gasteiger partial charge in [-0.1, -0.05) is 17.8 Å². The Balaban J connectivity index is 1.75. The first-order chi connectivity index (χ1) is 11.9. The summed E-state index contributed by atoms with van der Waals surface area (Å²) >= 11 is 1.76. The third-order valence-corrected chi connectivity index (χ3v) is 5.45. The van der Waals surface area contributed by atoms with Crippen LogP contribution in [0.15, 0.2) is 50.8 Å². The number of carbonyl (C=O) groups is 1. The van der Waals surface area contributed by atoms with Crippen LogP contribution < -0.4 is 4.90 Å². The number of hydrogen-bond acceptors (Lipinski definition) is 5. The van der Waals surface area contributed by atoms with Crippen molar-refractivity contribution in [2.24, 2.45) is 4.99 Å². The van der Waals surface area contributed by atoms with E-state index in [0.29, 0.717) is 6.42 Å². The van der Waals surface area contributed by atoms with E-state index in [-0.39, 0.29) is 6.42 Å². The third kappa shape index (κ3) is 4.07. The molecule has 6 heteroatoms. The Morgan fingerprint density at radius 3 is 2.84 bits per heavy atom. The number of carboxylic acids is 1. The molecular weight excluding hydrogens is 334 g/mol. The van der Waals surface area contributed by atoms with Crippen molar-refractivity contribution in [2.45, 2.75) is 24.2 Å². The van der Waals surface area contributed by atoms with Gasteiger partial charge in [-0.2, -0.15) is 0 Å². The molecule has 1 aromatic carbocycles. The number of thioether (sulfide) groups is 1. The molecule has 0 fully saturated rings. The Labute approximate surface area is 152 Å². The molecule has 1 aromatic rings. The lowest BCUT2D eigenvalue weighted by Gasteiger charge is -2.27. The zero-order chi connectivity index (χ0) is 18.0. The van der Waals surface area contributed by atoms with Gasteiger partial charge in [0.15, 0.2) is 0 Å². The quantitative estimate of drug-likeness (QED) is 0.837. The summed E-state index contributed by atoms with van der Waals surface area (Å²) < 4.78 is 0. The van der Waals surface area contributed by atoms with Crippen molar-refractivity contribution in [3.63, 3.8) is 0 Å². The number of nitrogens with zero attached hydrogens (tertiary/aromatic N) is 3. The first-order valence-corrected chi connectivity index (χ1v) is 9.17. The van der Waals surface area contributed by atoms with E-state index in [1.807, 2.05) is 21.1 Å². The fourth-order valence-electron chi connectivity index (χ4n) is 2.85. The van der Waals surface area contributed by atoms with Crippen molar-refractivity contribution >= 4 is 34.8 Å². The van der Waals surface area contributed by atoms with E-state index in [0.717, 1.165) is 30.1 Å². The van der Waals surface area contributed by atoms with E-state index in [2.05, 4.69) is 40.2 Å². The van der Waals surface area contributed by atoms with Crippen LogP contribution in [-0.2, 0) is 4.79 Å². The van der Waals surface area contributed by atoms with E-state index >= 15 is 0 Å².